The summed E-state index contributed by atoms with van der Waals surface area (Å²) in [5.41, 5.74) is 1.03. The maximum absolute atomic E-state index is 11.8. The number of hydrogen-bond acceptors (Lipinski definition) is 4. The van der Waals surface area contributed by atoms with E-state index in [1.807, 2.05) is 6.92 Å². The molecule has 1 fully saturated rings. The highest BCUT2D eigenvalue weighted by Gasteiger charge is 2.24. The second-order valence-electron chi connectivity index (χ2n) is 6.37. The van der Waals surface area contributed by atoms with Crippen molar-refractivity contribution in [3.8, 4) is 0 Å². The van der Waals surface area contributed by atoms with Crippen molar-refractivity contribution >= 4 is 11.9 Å². The summed E-state index contributed by atoms with van der Waals surface area (Å²) in [5, 5.41) is 10.2. The Morgan fingerprint density at radius 2 is 2.21 bits per heavy atom. The second kappa shape index (κ2) is 8.47. The second-order valence-corrected chi connectivity index (χ2v) is 6.37. The molecule has 8 nitrogen and oxygen atoms in total. The number of likely N-dealkylation sites (tertiary alicyclic amines) is 1. The average molecular weight is 333 g/mol. The fourth-order valence-electron chi connectivity index (χ4n) is 2.56. The summed E-state index contributed by atoms with van der Waals surface area (Å²) in [6.45, 7) is 8.40. The molecule has 2 N–H and O–H groups in total. The van der Waals surface area contributed by atoms with Gasteiger partial charge < -0.3 is 15.1 Å². The minimum atomic E-state index is -0.0128. The monoisotopic (exact) mass is 333 g/mol. The van der Waals surface area contributed by atoms with Gasteiger partial charge in [-0.05, 0) is 19.8 Å². The molecule has 1 aromatic rings. The molecule has 0 unspecified atom stereocenters. The zero-order chi connectivity index (χ0) is 17.5. The van der Waals surface area contributed by atoms with E-state index in [1.165, 1.54) is 0 Å². The molecule has 0 radical (unpaired) electrons. The van der Waals surface area contributed by atoms with Crippen molar-refractivity contribution in [2.75, 3.05) is 40.3 Å². The number of aromatic amines is 1. The van der Waals surface area contributed by atoms with Crippen LogP contribution in [0.15, 0.2) is 23.5 Å². The molecular formula is C16H27N7O. The number of amides is 1. The van der Waals surface area contributed by atoms with Gasteiger partial charge in [0.1, 0.15) is 18.7 Å². The van der Waals surface area contributed by atoms with Crippen LogP contribution < -0.4 is 5.32 Å². The van der Waals surface area contributed by atoms with Crippen LogP contribution >= 0.6 is 0 Å². The lowest BCUT2D eigenvalue weighted by atomic mass is 9.96. The van der Waals surface area contributed by atoms with Crippen LogP contribution in [-0.4, -0.2) is 77.1 Å². The maximum atomic E-state index is 11.8. The molecule has 1 aliphatic rings. The van der Waals surface area contributed by atoms with Gasteiger partial charge in [-0.2, -0.15) is 5.10 Å². The minimum Gasteiger partial charge on any atom is -0.353 e. The van der Waals surface area contributed by atoms with E-state index in [4.69, 9.17) is 0 Å². The Kier molecular flexibility index (Phi) is 6.34. The van der Waals surface area contributed by atoms with Crippen LogP contribution in [0.25, 0.3) is 0 Å². The topological polar surface area (TPSA) is 89.5 Å². The van der Waals surface area contributed by atoms with Gasteiger partial charge in [0.15, 0.2) is 5.96 Å². The number of hydrogen-bond donors (Lipinski definition) is 2. The molecule has 0 aromatic carbocycles. The zero-order valence-corrected chi connectivity index (χ0v) is 14.7. The summed E-state index contributed by atoms with van der Waals surface area (Å²) >= 11 is 0. The first-order chi connectivity index (χ1) is 11.5. The number of nitrogens with zero attached hydrogens (tertiary/aromatic N) is 5. The van der Waals surface area contributed by atoms with E-state index in [0.717, 1.165) is 43.3 Å². The summed E-state index contributed by atoms with van der Waals surface area (Å²) in [6.07, 6.45) is 3.51. The molecule has 1 amide bonds. The molecule has 1 aromatic heterocycles. The van der Waals surface area contributed by atoms with E-state index in [9.17, 15) is 4.79 Å². The van der Waals surface area contributed by atoms with E-state index in [-0.39, 0.29) is 12.5 Å². The molecule has 132 valence electrons. The van der Waals surface area contributed by atoms with E-state index < -0.39 is 0 Å². The highest BCUT2D eigenvalue weighted by atomic mass is 16.2. The van der Waals surface area contributed by atoms with Crippen molar-refractivity contribution in [3.63, 3.8) is 0 Å². The van der Waals surface area contributed by atoms with Crippen molar-refractivity contribution in [2.24, 2.45) is 4.99 Å². The van der Waals surface area contributed by atoms with Gasteiger partial charge in [-0.25, -0.2) is 9.98 Å². The van der Waals surface area contributed by atoms with Crippen LogP contribution in [0.2, 0.25) is 0 Å². The number of aliphatic imine (C=N–C) groups is 1. The van der Waals surface area contributed by atoms with Crippen LogP contribution in [0.5, 0.6) is 0 Å². The first-order valence-electron chi connectivity index (χ1n) is 8.20. The highest BCUT2D eigenvalue weighted by molar-refractivity contribution is 5.85. The van der Waals surface area contributed by atoms with E-state index in [1.54, 1.807) is 25.3 Å². The number of nitrogens with one attached hydrogen (secondary N) is 2. The van der Waals surface area contributed by atoms with Crippen molar-refractivity contribution in [2.45, 2.75) is 25.7 Å². The van der Waals surface area contributed by atoms with Crippen LogP contribution in [0, 0.1) is 0 Å². The van der Waals surface area contributed by atoms with Crippen LogP contribution in [0.3, 0.4) is 0 Å². The molecule has 1 saturated heterocycles. The highest BCUT2D eigenvalue weighted by Crippen LogP contribution is 2.24. The first kappa shape index (κ1) is 18.0. The third-order valence-electron chi connectivity index (χ3n) is 4.03. The van der Waals surface area contributed by atoms with Crippen molar-refractivity contribution < 1.29 is 4.79 Å². The van der Waals surface area contributed by atoms with Gasteiger partial charge in [-0.3, -0.25) is 9.89 Å². The van der Waals surface area contributed by atoms with E-state index in [2.05, 4.69) is 37.0 Å². The number of likely N-dealkylation sites (N-methyl/N-ethyl adjacent to an activating group) is 1. The molecule has 0 atom stereocenters. The molecular weight excluding hydrogens is 306 g/mol. The van der Waals surface area contributed by atoms with Crippen LogP contribution in [0.1, 0.15) is 31.5 Å². The zero-order valence-electron chi connectivity index (χ0n) is 14.7. The van der Waals surface area contributed by atoms with E-state index >= 15 is 0 Å². The van der Waals surface area contributed by atoms with Crippen LogP contribution in [-0.2, 0) is 4.79 Å². The Morgan fingerprint density at radius 3 is 2.75 bits per heavy atom. The number of H-pyrrole nitrogens is 1. The average Bonchev–Trinajstić information content (AvgIpc) is 3.09. The van der Waals surface area contributed by atoms with Gasteiger partial charge in [0.25, 0.3) is 0 Å². The summed E-state index contributed by atoms with van der Waals surface area (Å²) < 4.78 is 0. The molecule has 8 heteroatoms. The number of piperidine rings is 1. The Hall–Kier alpha value is -2.38. The minimum absolute atomic E-state index is 0.0128. The lowest BCUT2D eigenvalue weighted by molar-refractivity contribution is -0.127. The maximum Gasteiger partial charge on any atom is 0.243 e. The smallest absolute Gasteiger partial charge is 0.243 e. The van der Waals surface area contributed by atoms with Gasteiger partial charge in [0.05, 0.1) is 0 Å². The summed E-state index contributed by atoms with van der Waals surface area (Å²) in [6, 6.07) is 0. The number of aromatic nitrogens is 3. The molecule has 24 heavy (non-hydrogen) atoms. The summed E-state index contributed by atoms with van der Waals surface area (Å²) in [4.78, 5) is 24.3. The molecule has 2 rings (SSSR count). The largest absolute Gasteiger partial charge is 0.353 e. The number of rotatable bonds is 5. The SMILES string of the molecule is C=C(C)CNC(=NCC(=O)N(C)C)N1CCC(c2ncn[nH]2)CC1. The summed E-state index contributed by atoms with van der Waals surface area (Å²) in [7, 11) is 3.48. The Bertz CT molecular complexity index is 571. The number of carbonyl (C=O) groups is 1. The first-order valence-corrected chi connectivity index (χ1v) is 8.20. The molecule has 0 aliphatic carbocycles. The van der Waals surface area contributed by atoms with Crippen molar-refractivity contribution in [3.05, 3.63) is 24.3 Å². The fraction of sp³-hybridized carbons (Fsp3) is 0.625. The predicted octanol–water partition coefficient (Wildman–Crippen LogP) is 0.594. The Labute approximate surface area is 143 Å². The lowest BCUT2D eigenvalue weighted by Crippen LogP contribution is -2.46. The quantitative estimate of drug-likeness (QED) is 0.468. The standard InChI is InChI=1S/C16H27N7O/c1-12(2)9-17-16(18-10-14(24)22(3)4)23-7-5-13(6-8-23)15-19-11-20-21-15/h11,13H,1,5-10H2,2-4H3,(H,17,18)(H,19,20,21). The number of carbonyl (C=O) groups excluding carboxylic acids is 1. The molecule has 2 heterocycles. The predicted molar refractivity (Wildman–Crippen MR) is 93.7 cm³/mol. The fourth-order valence-corrected chi connectivity index (χ4v) is 2.56. The third-order valence-corrected chi connectivity index (χ3v) is 4.03. The molecule has 1 aliphatic heterocycles. The normalized spacial score (nSPS) is 16.1. The third kappa shape index (κ3) is 5.07. The Morgan fingerprint density at radius 1 is 1.50 bits per heavy atom. The van der Waals surface area contributed by atoms with Gasteiger partial charge in [0, 0.05) is 39.6 Å². The van der Waals surface area contributed by atoms with Gasteiger partial charge in [-0.1, -0.05) is 12.2 Å². The van der Waals surface area contributed by atoms with E-state index in [0.29, 0.717) is 12.5 Å². The molecule has 0 spiro atoms. The van der Waals surface area contributed by atoms with Crippen LogP contribution in [0.4, 0.5) is 0 Å². The lowest BCUT2D eigenvalue weighted by Gasteiger charge is -2.33. The van der Waals surface area contributed by atoms with Gasteiger partial charge in [0.2, 0.25) is 5.91 Å². The summed E-state index contributed by atoms with van der Waals surface area (Å²) in [5.74, 6) is 2.10. The molecule has 0 saturated carbocycles. The van der Waals surface area contributed by atoms with Crippen molar-refractivity contribution in [1.29, 1.82) is 0 Å². The van der Waals surface area contributed by atoms with Gasteiger partial charge in [-0.15, -0.1) is 0 Å². The molecule has 0 bridgehead atoms. The van der Waals surface area contributed by atoms with Gasteiger partial charge >= 0.3 is 0 Å². The Balaban J connectivity index is 1.97. The number of guanidine groups is 1. The van der Waals surface area contributed by atoms with Crippen molar-refractivity contribution in [1.82, 2.24) is 30.3 Å².